The van der Waals surface area contributed by atoms with Crippen molar-refractivity contribution in [2.75, 3.05) is 32.0 Å². The first-order chi connectivity index (χ1) is 8.66. The molecule has 0 aliphatic carbocycles. The van der Waals surface area contributed by atoms with Crippen LogP contribution in [0.2, 0.25) is 0 Å². The number of hydrogen-bond donors (Lipinski definition) is 1. The van der Waals surface area contributed by atoms with Crippen LogP contribution < -0.4 is 10.5 Å². The molecule has 1 aliphatic heterocycles. The molecule has 3 nitrogen and oxygen atoms in total. The van der Waals surface area contributed by atoms with Crippen molar-refractivity contribution < 1.29 is 4.74 Å². The van der Waals surface area contributed by atoms with Gasteiger partial charge < -0.3 is 10.5 Å². The highest BCUT2D eigenvalue weighted by molar-refractivity contribution is 9.10. The van der Waals surface area contributed by atoms with Crippen LogP contribution in [0.25, 0.3) is 0 Å². The number of rotatable bonds is 4. The molecule has 1 saturated heterocycles. The fraction of sp³-hybridized carbons (Fsp3) is 0.571. The number of halogens is 1. The lowest BCUT2D eigenvalue weighted by atomic mass is 10.1. The summed E-state index contributed by atoms with van der Waals surface area (Å²) in [6, 6.07) is 3.90. The van der Waals surface area contributed by atoms with Crippen molar-refractivity contribution in [3.8, 4) is 5.75 Å². The molecule has 0 spiro atoms. The average molecular weight is 313 g/mol. The second-order valence-electron chi connectivity index (χ2n) is 4.89. The molecule has 1 aliphatic rings. The van der Waals surface area contributed by atoms with E-state index in [1.807, 2.05) is 19.1 Å². The van der Waals surface area contributed by atoms with Crippen molar-refractivity contribution in [3.05, 3.63) is 22.2 Å². The summed E-state index contributed by atoms with van der Waals surface area (Å²) in [5.41, 5.74) is 7.70. The Kier molecular flexibility index (Phi) is 4.89. The molecule has 1 fully saturated rings. The van der Waals surface area contributed by atoms with E-state index >= 15 is 0 Å². The van der Waals surface area contributed by atoms with Crippen molar-refractivity contribution in [2.45, 2.75) is 26.2 Å². The maximum Gasteiger partial charge on any atom is 0.133 e. The van der Waals surface area contributed by atoms with E-state index < -0.39 is 0 Å². The molecule has 0 aromatic heterocycles. The highest BCUT2D eigenvalue weighted by atomic mass is 79.9. The Labute approximate surface area is 117 Å². The third-order valence-corrected chi connectivity index (χ3v) is 4.05. The molecule has 0 amide bonds. The lowest BCUT2D eigenvalue weighted by Gasteiger charge is -2.26. The van der Waals surface area contributed by atoms with Crippen molar-refractivity contribution in [2.24, 2.45) is 0 Å². The SMILES string of the molecule is Cc1cc(OCCN2CCCCC2)c(Br)cc1N. The van der Waals surface area contributed by atoms with Crippen molar-refractivity contribution in [3.63, 3.8) is 0 Å². The lowest BCUT2D eigenvalue weighted by Crippen LogP contribution is -2.33. The zero-order valence-corrected chi connectivity index (χ0v) is 12.5. The number of hydrogen-bond acceptors (Lipinski definition) is 3. The maximum absolute atomic E-state index is 5.84. The minimum atomic E-state index is 0.738. The van der Waals surface area contributed by atoms with Gasteiger partial charge >= 0.3 is 0 Å². The van der Waals surface area contributed by atoms with Gasteiger partial charge in [-0.05, 0) is 66.5 Å². The summed E-state index contributed by atoms with van der Waals surface area (Å²) in [4.78, 5) is 2.47. The van der Waals surface area contributed by atoms with Crippen LogP contribution in [0.4, 0.5) is 5.69 Å². The molecule has 0 radical (unpaired) electrons. The van der Waals surface area contributed by atoms with Crippen LogP contribution in [0.1, 0.15) is 24.8 Å². The molecule has 0 unspecified atom stereocenters. The second-order valence-corrected chi connectivity index (χ2v) is 5.74. The molecule has 2 rings (SSSR count). The van der Waals surface area contributed by atoms with E-state index in [1.165, 1.54) is 32.4 Å². The Balaban J connectivity index is 1.84. The number of ether oxygens (including phenoxy) is 1. The van der Waals surface area contributed by atoms with Crippen LogP contribution in [0, 0.1) is 6.92 Å². The summed E-state index contributed by atoms with van der Waals surface area (Å²) in [7, 11) is 0. The van der Waals surface area contributed by atoms with Gasteiger partial charge in [0.1, 0.15) is 12.4 Å². The summed E-state index contributed by atoms with van der Waals surface area (Å²) in [5.74, 6) is 0.888. The molecule has 0 saturated carbocycles. The Morgan fingerprint density at radius 3 is 2.72 bits per heavy atom. The third-order valence-electron chi connectivity index (χ3n) is 3.43. The molecule has 0 bridgehead atoms. The molecule has 1 heterocycles. The van der Waals surface area contributed by atoms with E-state index in [-0.39, 0.29) is 0 Å². The fourth-order valence-corrected chi connectivity index (χ4v) is 2.72. The number of nitrogen functional groups attached to an aromatic ring is 1. The zero-order valence-electron chi connectivity index (χ0n) is 10.9. The average Bonchev–Trinajstić information content (AvgIpc) is 2.37. The van der Waals surface area contributed by atoms with Gasteiger partial charge in [0.25, 0.3) is 0 Å². The van der Waals surface area contributed by atoms with E-state index in [1.54, 1.807) is 0 Å². The van der Waals surface area contributed by atoms with E-state index in [9.17, 15) is 0 Å². The highest BCUT2D eigenvalue weighted by Crippen LogP contribution is 2.29. The number of nitrogens with zero attached hydrogens (tertiary/aromatic N) is 1. The molecule has 2 N–H and O–H groups in total. The Morgan fingerprint density at radius 2 is 2.00 bits per heavy atom. The van der Waals surface area contributed by atoms with Crippen molar-refractivity contribution in [1.82, 2.24) is 4.90 Å². The monoisotopic (exact) mass is 312 g/mol. The number of likely N-dealkylation sites (tertiary alicyclic amines) is 1. The first kappa shape index (κ1) is 13.7. The van der Waals surface area contributed by atoms with Crippen molar-refractivity contribution >= 4 is 21.6 Å². The maximum atomic E-state index is 5.84. The second kappa shape index (κ2) is 6.43. The van der Waals surface area contributed by atoms with Gasteiger partial charge in [-0.25, -0.2) is 0 Å². The predicted molar refractivity (Wildman–Crippen MR) is 79.1 cm³/mol. The van der Waals surface area contributed by atoms with E-state index in [2.05, 4.69) is 20.8 Å². The molecule has 4 heteroatoms. The van der Waals surface area contributed by atoms with Crippen LogP contribution in [0.15, 0.2) is 16.6 Å². The van der Waals surface area contributed by atoms with Crippen LogP contribution in [0.3, 0.4) is 0 Å². The van der Waals surface area contributed by atoms with Crippen LogP contribution >= 0.6 is 15.9 Å². The number of nitrogens with two attached hydrogens (primary N) is 1. The van der Waals surface area contributed by atoms with Gasteiger partial charge in [0, 0.05) is 12.2 Å². The molecule has 1 aromatic carbocycles. The van der Waals surface area contributed by atoms with Gasteiger partial charge in [0.2, 0.25) is 0 Å². The molecule has 18 heavy (non-hydrogen) atoms. The van der Waals surface area contributed by atoms with Crippen molar-refractivity contribution in [1.29, 1.82) is 0 Å². The van der Waals surface area contributed by atoms with Gasteiger partial charge in [-0.3, -0.25) is 4.90 Å². The summed E-state index contributed by atoms with van der Waals surface area (Å²) in [6.45, 7) is 6.17. The fourth-order valence-electron chi connectivity index (χ4n) is 2.25. The smallest absolute Gasteiger partial charge is 0.133 e. The minimum Gasteiger partial charge on any atom is -0.491 e. The van der Waals surface area contributed by atoms with Gasteiger partial charge in [-0.1, -0.05) is 6.42 Å². The normalized spacial score (nSPS) is 16.8. The predicted octanol–water partition coefficient (Wildman–Crippen LogP) is 3.20. The zero-order chi connectivity index (χ0) is 13.0. The molecular formula is C14H21BrN2O. The quantitative estimate of drug-likeness (QED) is 0.868. The largest absolute Gasteiger partial charge is 0.491 e. The topological polar surface area (TPSA) is 38.5 Å². The Morgan fingerprint density at radius 1 is 1.28 bits per heavy atom. The van der Waals surface area contributed by atoms with Gasteiger partial charge in [0.15, 0.2) is 0 Å². The van der Waals surface area contributed by atoms with E-state index in [0.717, 1.165) is 34.6 Å². The third kappa shape index (κ3) is 3.62. The Bertz CT molecular complexity index is 403. The van der Waals surface area contributed by atoms with Gasteiger partial charge in [0.05, 0.1) is 4.47 Å². The van der Waals surface area contributed by atoms with Crippen LogP contribution in [-0.2, 0) is 0 Å². The molecule has 0 atom stereocenters. The minimum absolute atomic E-state index is 0.738. The standard InChI is InChI=1S/C14H21BrN2O/c1-11-9-14(12(15)10-13(11)16)18-8-7-17-5-3-2-4-6-17/h9-10H,2-8,16H2,1H3. The number of anilines is 1. The molecule has 100 valence electrons. The first-order valence-corrected chi connectivity index (χ1v) is 7.37. The lowest BCUT2D eigenvalue weighted by molar-refractivity contribution is 0.183. The first-order valence-electron chi connectivity index (χ1n) is 6.57. The Hall–Kier alpha value is -0.740. The van der Waals surface area contributed by atoms with Gasteiger partial charge in [-0.2, -0.15) is 0 Å². The highest BCUT2D eigenvalue weighted by Gasteiger charge is 2.10. The number of aryl methyl sites for hydroxylation is 1. The number of piperidine rings is 1. The van der Waals surface area contributed by atoms with E-state index in [4.69, 9.17) is 10.5 Å². The summed E-state index contributed by atoms with van der Waals surface area (Å²) in [6.07, 6.45) is 4.02. The van der Waals surface area contributed by atoms with Crippen LogP contribution in [0.5, 0.6) is 5.75 Å². The number of benzene rings is 1. The summed E-state index contributed by atoms with van der Waals surface area (Å²) >= 11 is 3.49. The molecule has 1 aromatic rings. The summed E-state index contributed by atoms with van der Waals surface area (Å²) < 4.78 is 6.77. The molecular weight excluding hydrogens is 292 g/mol. The summed E-state index contributed by atoms with van der Waals surface area (Å²) in [5, 5.41) is 0. The van der Waals surface area contributed by atoms with E-state index in [0.29, 0.717) is 0 Å². The van der Waals surface area contributed by atoms with Gasteiger partial charge in [-0.15, -0.1) is 0 Å². The van der Waals surface area contributed by atoms with Crippen LogP contribution in [-0.4, -0.2) is 31.1 Å².